The lowest BCUT2D eigenvalue weighted by atomic mass is 10.00. The lowest BCUT2D eigenvalue weighted by Crippen LogP contribution is -2.61. The quantitative estimate of drug-likeness (QED) is 0.0148. The van der Waals surface area contributed by atoms with Crippen LogP contribution in [0.3, 0.4) is 0 Å². The van der Waals surface area contributed by atoms with Crippen LogP contribution in [0.5, 0.6) is 0 Å². The number of benzene rings is 2. The molecule has 101 heavy (non-hydrogen) atoms. The average molecular weight is 1430 g/mol. The van der Waals surface area contributed by atoms with Gasteiger partial charge in [0.25, 0.3) is 0 Å². The molecule has 13 amide bonds. The Labute approximate surface area is 591 Å². The number of nitrogens with two attached hydrogens (primary N) is 5. The van der Waals surface area contributed by atoms with E-state index in [0.717, 1.165) is 0 Å². The fraction of sp³-hybridized carbons (Fsp3) is 0.567. The van der Waals surface area contributed by atoms with Crippen molar-refractivity contribution in [1.29, 1.82) is 0 Å². The number of rotatable bonds is 41. The van der Waals surface area contributed by atoms with Crippen LogP contribution in [0, 0.1) is 11.8 Å². The zero-order valence-electron chi connectivity index (χ0n) is 58.1. The number of nitrogens with zero attached hydrogens (tertiary/aromatic N) is 4. The predicted octanol–water partition coefficient (Wildman–Crippen LogP) is -3.62. The minimum absolute atomic E-state index is 0.000953. The standard InChI is InChI=1S/C67H101N19O14S/c1-37(2)28-46(59(93)77-44(20-13-24-74-67(71)72)57(91)78-45(55(70)89)30-40-16-9-7-10-17-40)81-64(98)53-22-15-26-86(53)66(100)50(29-38(3)4)83-61(95)49(33-54(69)88)79-56(90)39(5)76-58(92)47(31-41-18-11-8-12-19-41)80-62(96)51(35-87)84-60(94)48(32-42-34-73-36-75-42)82-63(97)52-21-14-25-85(52)65(99)43(68)23-27-101-6/h7-12,16-19,34,36-39,43-53,87H,13-15,20-33,35,68H2,1-6H3,(H2,69,88)(H2,70,89)(H,73,75)(H,76,92)(H,77,93)(H,78,91)(H,79,90)(H,80,96)(H,81,98)(H,82,97)(H,83,95)(H,84,94)(H4,71,72,74). The number of carbonyl (C=O) groups is 13. The van der Waals surface area contributed by atoms with Gasteiger partial charge in [-0.05, 0) is 99.7 Å². The van der Waals surface area contributed by atoms with Crippen LogP contribution in [0.4, 0.5) is 0 Å². The van der Waals surface area contributed by atoms with E-state index in [0.29, 0.717) is 48.3 Å². The first-order valence-electron chi connectivity index (χ1n) is 33.9. The smallest absolute Gasteiger partial charge is 0.245 e. The fourth-order valence-corrected chi connectivity index (χ4v) is 12.2. The van der Waals surface area contributed by atoms with Crippen LogP contribution in [0.25, 0.3) is 0 Å². The number of aliphatic hydroxyl groups is 1. The van der Waals surface area contributed by atoms with Gasteiger partial charge in [0.15, 0.2) is 5.96 Å². The van der Waals surface area contributed by atoms with E-state index in [9.17, 15) is 67.4 Å². The molecule has 2 aliphatic rings. The Balaban J connectivity index is 1.28. The number of aromatic amines is 1. The van der Waals surface area contributed by atoms with Crippen molar-refractivity contribution in [2.24, 2.45) is 45.5 Å². The number of guanidine groups is 1. The first-order valence-corrected chi connectivity index (χ1v) is 35.3. The van der Waals surface area contributed by atoms with Crippen LogP contribution in [-0.4, -0.2) is 218 Å². The number of aromatic nitrogens is 2. The Bertz CT molecular complexity index is 3330. The summed E-state index contributed by atoms with van der Waals surface area (Å²) in [5, 5.41) is 34.0. The lowest BCUT2D eigenvalue weighted by molar-refractivity contribution is -0.143. The third-order valence-corrected chi connectivity index (χ3v) is 17.6. The van der Waals surface area contributed by atoms with Crippen molar-refractivity contribution in [3.63, 3.8) is 0 Å². The number of aliphatic imine (C=N–C) groups is 1. The van der Waals surface area contributed by atoms with Crippen LogP contribution in [0.2, 0.25) is 0 Å². The number of carbonyl (C=O) groups excluding carboxylic acids is 13. The van der Waals surface area contributed by atoms with E-state index >= 15 is 0 Å². The van der Waals surface area contributed by atoms with Crippen LogP contribution < -0.4 is 76.5 Å². The molecule has 554 valence electrons. The number of H-pyrrole nitrogens is 1. The monoisotopic (exact) mass is 1430 g/mol. The number of aliphatic hydroxyl groups excluding tert-OH is 1. The molecule has 3 heterocycles. The zero-order valence-corrected chi connectivity index (χ0v) is 58.9. The molecular formula is C67H101N19O14S. The second kappa shape index (κ2) is 41.1. The summed E-state index contributed by atoms with van der Waals surface area (Å²) in [7, 11) is 0. The molecule has 2 fully saturated rings. The number of thioether (sulfide) groups is 1. The highest BCUT2D eigenvalue weighted by molar-refractivity contribution is 7.98. The maximum Gasteiger partial charge on any atom is 0.245 e. The Morgan fingerprint density at radius 2 is 1.03 bits per heavy atom. The highest BCUT2D eigenvalue weighted by atomic mass is 32.2. The molecule has 2 aromatic carbocycles. The highest BCUT2D eigenvalue weighted by Crippen LogP contribution is 2.23. The van der Waals surface area contributed by atoms with Crippen molar-refractivity contribution in [2.45, 2.75) is 191 Å². The van der Waals surface area contributed by atoms with Gasteiger partial charge in [0.2, 0.25) is 76.8 Å². The molecule has 0 bridgehead atoms. The number of imidazole rings is 1. The van der Waals surface area contributed by atoms with Gasteiger partial charge in [-0.2, -0.15) is 11.8 Å². The molecule has 33 nitrogen and oxygen atoms in total. The number of primary amides is 2. The molecule has 0 saturated carbocycles. The first-order chi connectivity index (χ1) is 48.0. The zero-order chi connectivity index (χ0) is 74.5. The predicted molar refractivity (Wildman–Crippen MR) is 375 cm³/mol. The molecule has 21 N–H and O–H groups in total. The summed E-state index contributed by atoms with van der Waals surface area (Å²) in [6.45, 7) is 7.83. The van der Waals surface area contributed by atoms with E-state index < -0.39 is 162 Å². The highest BCUT2D eigenvalue weighted by Gasteiger charge is 2.42. The number of amides is 13. The molecule has 0 radical (unpaired) electrons. The van der Waals surface area contributed by atoms with Crippen molar-refractivity contribution in [1.82, 2.24) is 67.6 Å². The number of hydrogen-bond donors (Lipinski definition) is 16. The van der Waals surface area contributed by atoms with Gasteiger partial charge in [-0.25, -0.2) is 4.98 Å². The van der Waals surface area contributed by atoms with Crippen LogP contribution in [-0.2, 0) is 81.6 Å². The molecule has 12 unspecified atom stereocenters. The SMILES string of the molecule is CSCCC(N)C(=O)N1CCCC1C(=O)NC(Cc1cnc[nH]1)C(=O)NC(CO)C(=O)NC(Cc1ccccc1)C(=O)NC(C)C(=O)NC(CC(N)=O)C(=O)NC(CC(C)C)C(=O)N1CCCC1C(=O)NC(CC(C)C)C(=O)NC(CCCN=C(N)N)C(=O)NC(Cc1ccccc1)C(N)=O. The summed E-state index contributed by atoms with van der Waals surface area (Å²) >= 11 is 1.52. The molecule has 0 spiro atoms. The Morgan fingerprint density at radius 1 is 0.564 bits per heavy atom. The van der Waals surface area contributed by atoms with Crippen molar-refractivity contribution in [3.8, 4) is 0 Å². The van der Waals surface area contributed by atoms with E-state index in [1.165, 1.54) is 41.0 Å². The van der Waals surface area contributed by atoms with E-state index in [4.69, 9.17) is 28.7 Å². The Morgan fingerprint density at radius 3 is 1.56 bits per heavy atom. The van der Waals surface area contributed by atoms with Crippen molar-refractivity contribution in [2.75, 3.05) is 38.2 Å². The third-order valence-electron chi connectivity index (χ3n) is 16.9. The second-order valence-electron chi connectivity index (χ2n) is 26.1. The normalized spacial score (nSPS) is 17.2. The molecule has 5 rings (SSSR count). The molecule has 34 heteroatoms. The Hall–Kier alpha value is -9.70. The molecule has 2 saturated heterocycles. The van der Waals surface area contributed by atoms with Gasteiger partial charge in [-0.15, -0.1) is 0 Å². The summed E-state index contributed by atoms with van der Waals surface area (Å²) in [5.41, 5.74) is 30.2. The molecule has 0 aliphatic carbocycles. The largest absolute Gasteiger partial charge is 0.394 e. The fourth-order valence-electron chi connectivity index (χ4n) is 11.7. The van der Waals surface area contributed by atoms with Crippen LogP contribution in [0.1, 0.15) is 116 Å². The summed E-state index contributed by atoms with van der Waals surface area (Å²) in [6, 6.07) is 1.39. The second-order valence-corrected chi connectivity index (χ2v) is 27.1. The minimum atomic E-state index is -1.74. The molecule has 2 aliphatic heterocycles. The number of nitrogens with one attached hydrogen (secondary N) is 10. The Kier molecular flexibility index (Phi) is 33.4. The van der Waals surface area contributed by atoms with Crippen molar-refractivity contribution >= 4 is 94.5 Å². The van der Waals surface area contributed by atoms with E-state index in [1.807, 2.05) is 20.1 Å². The van der Waals surface area contributed by atoms with Gasteiger partial charge in [-0.1, -0.05) is 88.4 Å². The molecule has 1 aromatic heterocycles. The van der Waals surface area contributed by atoms with Gasteiger partial charge >= 0.3 is 0 Å². The van der Waals surface area contributed by atoms with E-state index in [2.05, 4.69) is 62.8 Å². The lowest BCUT2D eigenvalue weighted by Gasteiger charge is -2.32. The van der Waals surface area contributed by atoms with Crippen LogP contribution in [0.15, 0.2) is 78.2 Å². The summed E-state index contributed by atoms with van der Waals surface area (Å²) in [4.78, 5) is 194. The van der Waals surface area contributed by atoms with Gasteiger partial charge in [-0.3, -0.25) is 67.3 Å². The van der Waals surface area contributed by atoms with E-state index in [-0.39, 0.29) is 88.8 Å². The van der Waals surface area contributed by atoms with Gasteiger partial charge in [0.05, 0.1) is 25.4 Å². The number of likely N-dealkylation sites (tertiary alicyclic amines) is 2. The topological polar surface area (TPSA) is 528 Å². The number of hydrogen-bond acceptors (Lipinski definition) is 18. The first kappa shape index (κ1) is 82.0. The molecular weight excluding hydrogens is 1330 g/mol. The average Bonchev–Trinajstić information content (AvgIpc) is 1.81. The van der Waals surface area contributed by atoms with Gasteiger partial charge in [0.1, 0.15) is 66.5 Å². The van der Waals surface area contributed by atoms with Crippen molar-refractivity contribution in [3.05, 3.63) is 90.0 Å². The summed E-state index contributed by atoms with van der Waals surface area (Å²) < 4.78 is 0. The summed E-state index contributed by atoms with van der Waals surface area (Å²) in [5.74, 6) is -10.8. The molecule has 12 atom stereocenters. The van der Waals surface area contributed by atoms with Crippen molar-refractivity contribution < 1.29 is 67.4 Å². The summed E-state index contributed by atoms with van der Waals surface area (Å²) in [6.07, 6.45) is 5.54. The minimum Gasteiger partial charge on any atom is -0.394 e. The maximum atomic E-state index is 14.7. The van der Waals surface area contributed by atoms with Gasteiger partial charge < -0.3 is 96.4 Å². The third kappa shape index (κ3) is 26.7. The molecule has 3 aromatic rings. The van der Waals surface area contributed by atoms with Gasteiger partial charge in [0, 0.05) is 50.8 Å². The van der Waals surface area contributed by atoms with Crippen LogP contribution >= 0.6 is 11.8 Å². The van der Waals surface area contributed by atoms with E-state index in [1.54, 1.807) is 74.5 Å². The maximum absolute atomic E-state index is 14.7.